The molecule has 0 aromatic rings. The molecule has 0 aliphatic carbocycles. The summed E-state index contributed by atoms with van der Waals surface area (Å²) in [6.07, 6.45) is 1.37. The summed E-state index contributed by atoms with van der Waals surface area (Å²) in [6, 6.07) is 0. The first-order valence-corrected chi connectivity index (χ1v) is 6.16. The van der Waals surface area contributed by atoms with Gasteiger partial charge in [-0.2, -0.15) is 0 Å². The smallest absolute Gasteiger partial charge is 0.0357 e. The molecule has 0 rings (SSSR count). The second-order valence-electron chi connectivity index (χ2n) is 6.65. The van der Waals surface area contributed by atoms with Crippen LogP contribution in [0.25, 0.3) is 0 Å². The minimum absolute atomic E-state index is 0.460. The van der Waals surface area contributed by atoms with Gasteiger partial charge in [-0.15, -0.1) is 0 Å². The normalized spacial score (nSPS) is 15.6. The Morgan fingerprint density at radius 3 is 1.36 bits per heavy atom. The van der Waals surface area contributed by atoms with E-state index in [4.69, 9.17) is 0 Å². The molecule has 0 aromatic carbocycles. The molecule has 1 unspecified atom stereocenters. The van der Waals surface area contributed by atoms with Crippen LogP contribution >= 0.6 is 0 Å². The van der Waals surface area contributed by atoms with Crippen molar-refractivity contribution in [1.29, 1.82) is 0 Å². The standard InChI is InChI=1S/C14H30/c1-10(2)13(11(3)4)9-12(5)14(6,7)8/h10-13H,9H2,1-8H3. The number of rotatable bonds is 4. The summed E-state index contributed by atoms with van der Waals surface area (Å²) in [4.78, 5) is 0. The molecular formula is C14H30. The van der Waals surface area contributed by atoms with E-state index in [1.807, 2.05) is 0 Å². The van der Waals surface area contributed by atoms with Gasteiger partial charge in [0.05, 0.1) is 0 Å². The van der Waals surface area contributed by atoms with E-state index in [1.165, 1.54) is 6.42 Å². The second-order valence-corrected chi connectivity index (χ2v) is 6.65. The number of hydrogen-bond donors (Lipinski definition) is 0. The van der Waals surface area contributed by atoms with Gasteiger partial charge in [0.1, 0.15) is 0 Å². The third-order valence-electron chi connectivity index (χ3n) is 3.82. The Morgan fingerprint density at radius 1 is 0.786 bits per heavy atom. The van der Waals surface area contributed by atoms with Crippen molar-refractivity contribution in [3.05, 3.63) is 0 Å². The lowest BCUT2D eigenvalue weighted by molar-refractivity contribution is 0.161. The Labute approximate surface area is 91.5 Å². The first-order chi connectivity index (χ1) is 6.16. The summed E-state index contributed by atoms with van der Waals surface area (Å²) in [5.74, 6) is 3.33. The topological polar surface area (TPSA) is 0 Å². The molecule has 0 saturated heterocycles. The molecule has 1 atom stereocenters. The van der Waals surface area contributed by atoms with Gasteiger partial charge in [-0.3, -0.25) is 0 Å². The highest BCUT2D eigenvalue weighted by Crippen LogP contribution is 2.35. The molecule has 0 saturated carbocycles. The van der Waals surface area contributed by atoms with E-state index in [2.05, 4.69) is 55.4 Å². The molecule has 0 N–H and O–H groups in total. The van der Waals surface area contributed by atoms with Crippen LogP contribution in [0.1, 0.15) is 61.8 Å². The van der Waals surface area contributed by atoms with Crippen molar-refractivity contribution >= 4 is 0 Å². The zero-order valence-electron chi connectivity index (χ0n) is 11.5. The molecule has 0 aliphatic heterocycles. The first-order valence-electron chi connectivity index (χ1n) is 6.16. The van der Waals surface area contributed by atoms with Crippen LogP contribution in [0.3, 0.4) is 0 Å². The molecule has 0 radical (unpaired) electrons. The van der Waals surface area contributed by atoms with Crippen molar-refractivity contribution in [2.75, 3.05) is 0 Å². The predicted molar refractivity (Wildman–Crippen MR) is 66.4 cm³/mol. The third kappa shape index (κ3) is 4.48. The van der Waals surface area contributed by atoms with E-state index >= 15 is 0 Å². The Hall–Kier alpha value is 0. The molecule has 14 heavy (non-hydrogen) atoms. The fourth-order valence-corrected chi connectivity index (χ4v) is 2.08. The quantitative estimate of drug-likeness (QED) is 0.597. The lowest BCUT2D eigenvalue weighted by atomic mass is 9.72. The molecule has 0 heterocycles. The van der Waals surface area contributed by atoms with Gasteiger partial charge < -0.3 is 0 Å². The van der Waals surface area contributed by atoms with Gasteiger partial charge in [0.2, 0.25) is 0 Å². The summed E-state index contributed by atoms with van der Waals surface area (Å²) >= 11 is 0. The first kappa shape index (κ1) is 14.0. The monoisotopic (exact) mass is 198 g/mol. The zero-order chi connectivity index (χ0) is 11.5. The van der Waals surface area contributed by atoms with Crippen molar-refractivity contribution in [3.8, 4) is 0 Å². The summed E-state index contributed by atoms with van der Waals surface area (Å²) in [5, 5.41) is 0. The van der Waals surface area contributed by atoms with Gasteiger partial charge in [-0.05, 0) is 35.5 Å². The van der Waals surface area contributed by atoms with Crippen molar-refractivity contribution in [2.24, 2.45) is 29.1 Å². The van der Waals surface area contributed by atoms with Crippen LogP contribution in [-0.4, -0.2) is 0 Å². The van der Waals surface area contributed by atoms with E-state index in [1.54, 1.807) is 0 Å². The fraction of sp³-hybridized carbons (Fsp3) is 1.00. The van der Waals surface area contributed by atoms with E-state index < -0.39 is 0 Å². The van der Waals surface area contributed by atoms with Crippen LogP contribution in [0.15, 0.2) is 0 Å². The zero-order valence-corrected chi connectivity index (χ0v) is 11.5. The summed E-state index contributed by atoms with van der Waals surface area (Å²) < 4.78 is 0. The maximum Gasteiger partial charge on any atom is -0.0357 e. The molecular weight excluding hydrogens is 168 g/mol. The highest BCUT2D eigenvalue weighted by atomic mass is 14.3. The van der Waals surface area contributed by atoms with Crippen LogP contribution in [0, 0.1) is 29.1 Å². The van der Waals surface area contributed by atoms with Crippen molar-refractivity contribution < 1.29 is 0 Å². The molecule has 0 aliphatic rings. The Bertz CT molecular complexity index is 140. The molecule has 0 aromatic heterocycles. The van der Waals surface area contributed by atoms with Gasteiger partial charge in [-0.25, -0.2) is 0 Å². The molecule has 0 bridgehead atoms. The van der Waals surface area contributed by atoms with Crippen molar-refractivity contribution in [2.45, 2.75) is 61.8 Å². The van der Waals surface area contributed by atoms with Crippen LogP contribution in [0.2, 0.25) is 0 Å². The molecule has 0 fully saturated rings. The minimum atomic E-state index is 0.460. The lowest BCUT2D eigenvalue weighted by Gasteiger charge is -2.34. The minimum Gasteiger partial charge on any atom is -0.0625 e. The molecule has 0 spiro atoms. The van der Waals surface area contributed by atoms with Crippen LogP contribution < -0.4 is 0 Å². The fourth-order valence-electron chi connectivity index (χ4n) is 2.08. The molecule has 0 amide bonds. The van der Waals surface area contributed by atoms with Gasteiger partial charge in [0, 0.05) is 0 Å². The van der Waals surface area contributed by atoms with E-state index in [0.717, 1.165) is 23.7 Å². The Morgan fingerprint density at radius 2 is 1.14 bits per heavy atom. The Balaban J connectivity index is 4.31. The van der Waals surface area contributed by atoms with Crippen LogP contribution in [0.5, 0.6) is 0 Å². The van der Waals surface area contributed by atoms with Crippen LogP contribution in [-0.2, 0) is 0 Å². The van der Waals surface area contributed by atoms with Gasteiger partial charge in [0.25, 0.3) is 0 Å². The highest BCUT2D eigenvalue weighted by Gasteiger charge is 2.26. The third-order valence-corrected chi connectivity index (χ3v) is 3.82. The Kier molecular flexibility index (Phi) is 5.19. The number of hydrogen-bond acceptors (Lipinski definition) is 0. The molecule has 0 nitrogen and oxygen atoms in total. The average molecular weight is 198 g/mol. The maximum atomic E-state index is 2.40. The summed E-state index contributed by atoms with van der Waals surface area (Å²) in [5.41, 5.74) is 0.460. The van der Waals surface area contributed by atoms with Crippen LogP contribution in [0.4, 0.5) is 0 Å². The lowest BCUT2D eigenvalue weighted by Crippen LogP contribution is -2.25. The SMILES string of the molecule is CC(C)C(CC(C)C(C)(C)C)C(C)C. The van der Waals surface area contributed by atoms with Crippen molar-refractivity contribution in [3.63, 3.8) is 0 Å². The van der Waals surface area contributed by atoms with E-state index in [9.17, 15) is 0 Å². The largest absolute Gasteiger partial charge is 0.0625 e. The summed E-state index contributed by atoms with van der Waals surface area (Å²) in [6.45, 7) is 18.9. The highest BCUT2D eigenvalue weighted by molar-refractivity contribution is 4.76. The molecule has 86 valence electrons. The molecule has 0 heteroatoms. The van der Waals surface area contributed by atoms with Gasteiger partial charge in [-0.1, -0.05) is 55.4 Å². The van der Waals surface area contributed by atoms with Gasteiger partial charge >= 0.3 is 0 Å². The van der Waals surface area contributed by atoms with Crippen molar-refractivity contribution in [1.82, 2.24) is 0 Å². The van der Waals surface area contributed by atoms with E-state index in [0.29, 0.717) is 5.41 Å². The second kappa shape index (κ2) is 5.19. The predicted octanol–water partition coefficient (Wildman–Crippen LogP) is 4.99. The van der Waals surface area contributed by atoms with Gasteiger partial charge in [0.15, 0.2) is 0 Å². The summed E-state index contributed by atoms with van der Waals surface area (Å²) in [7, 11) is 0. The average Bonchev–Trinajstić information content (AvgIpc) is 1.96. The maximum absolute atomic E-state index is 2.40. The van der Waals surface area contributed by atoms with E-state index in [-0.39, 0.29) is 0 Å².